The Hall–Kier alpha value is -0.610. The van der Waals surface area contributed by atoms with Gasteiger partial charge in [0.05, 0.1) is 0 Å². The predicted octanol–water partition coefficient (Wildman–Crippen LogP) is 1.84. The first kappa shape index (κ1) is 15.8. The zero-order valence-electron chi connectivity index (χ0n) is 13.5. The van der Waals surface area contributed by atoms with Crippen molar-refractivity contribution >= 4 is 5.91 Å². The number of likely N-dealkylation sites (N-methyl/N-ethyl adjacent to an activating group) is 1. The van der Waals surface area contributed by atoms with Crippen LogP contribution in [-0.2, 0) is 4.79 Å². The minimum absolute atomic E-state index is 0.0797. The Balaban J connectivity index is 1.97. The number of piperazine rings is 1. The molecule has 1 saturated heterocycles. The Labute approximate surface area is 123 Å². The van der Waals surface area contributed by atoms with Crippen molar-refractivity contribution in [1.82, 2.24) is 9.80 Å². The van der Waals surface area contributed by atoms with E-state index in [1.54, 1.807) is 0 Å². The zero-order chi connectivity index (χ0) is 14.8. The summed E-state index contributed by atoms with van der Waals surface area (Å²) in [5.41, 5.74) is 6.18. The molecular weight excluding hydrogens is 250 g/mol. The average Bonchev–Trinajstić information content (AvgIpc) is 2.42. The summed E-state index contributed by atoms with van der Waals surface area (Å²) in [7, 11) is 2.14. The van der Waals surface area contributed by atoms with Gasteiger partial charge in [0, 0.05) is 31.6 Å². The summed E-state index contributed by atoms with van der Waals surface area (Å²) in [6.07, 6.45) is 6.69. The fraction of sp³-hybridized carbons (Fsp3) is 0.938. The van der Waals surface area contributed by atoms with Crippen LogP contribution in [0.2, 0.25) is 0 Å². The van der Waals surface area contributed by atoms with Crippen LogP contribution in [0.25, 0.3) is 0 Å². The molecule has 0 aromatic rings. The third kappa shape index (κ3) is 3.34. The summed E-state index contributed by atoms with van der Waals surface area (Å²) in [6, 6.07) is 0. The van der Waals surface area contributed by atoms with Gasteiger partial charge in [0.2, 0.25) is 5.91 Å². The summed E-state index contributed by atoms with van der Waals surface area (Å²) >= 11 is 0. The number of carbonyl (C=O) groups excluding carboxylic acids is 1. The largest absolute Gasteiger partial charge is 0.340 e. The first-order valence-corrected chi connectivity index (χ1v) is 8.08. The Morgan fingerprint density at radius 1 is 1.15 bits per heavy atom. The maximum absolute atomic E-state index is 12.7. The Kier molecular flexibility index (Phi) is 4.75. The lowest BCUT2D eigenvalue weighted by molar-refractivity contribution is -0.138. The molecule has 1 heterocycles. The molecule has 2 rings (SSSR count). The van der Waals surface area contributed by atoms with Crippen LogP contribution < -0.4 is 5.73 Å². The number of nitrogens with two attached hydrogens (primary N) is 1. The van der Waals surface area contributed by atoms with Gasteiger partial charge in [0.25, 0.3) is 0 Å². The molecule has 0 aromatic heterocycles. The van der Waals surface area contributed by atoms with Crippen molar-refractivity contribution in [3.63, 3.8) is 0 Å². The third-order valence-corrected chi connectivity index (χ3v) is 5.54. The van der Waals surface area contributed by atoms with Gasteiger partial charge in [0.15, 0.2) is 0 Å². The van der Waals surface area contributed by atoms with E-state index in [4.69, 9.17) is 5.73 Å². The van der Waals surface area contributed by atoms with Gasteiger partial charge in [-0.1, -0.05) is 19.3 Å². The second-order valence-electron chi connectivity index (χ2n) is 7.49. The molecule has 1 amide bonds. The molecule has 1 aliphatic heterocycles. The van der Waals surface area contributed by atoms with Crippen LogP contribution in [0, 0.1) is 5.41 Å². The summed E-state index contributed by atoms with van der Waals surface area (Å²) in [4.78, 5) is 17.1. The highest BCUT2D eigenvalue weighted by Crippen LogP contribution is 2.39. The van der Waals surface area contributed by atoms with Crippen molar-refractivity contribution in [3.05, 3.63) is 0 Å². The van der Waals surface area contributed by atoms with Crippen molar-refractivity contribution in [3.8, 4) is 0 Å². The standard InChI is InChI=1S/C16H31N3O/c1-15(2)13-19(10-9-18(15)3)14(20)11-16(12-17)7-5-4-6-8-16/h4-13,17H2,1-3H3. The number of rotatable bonds is 3. The summed E-state index contributed by atoms with van der Waals surface area (Å²) in [6.45, 7) is 7.75. The quantitative estimate of drug-likeness (QED) is 0.859. The van der Waals surface area contributed by atoms with Crippen LogP contribution in [-0.4, -0.2) is 54.5 Å². The van der Waals surface area contributed by atoms with E-state index in [9.17, 15) is 4.79 Å². The van der Waals surface area contributed by atoms with Crippen molar-refractivity contribution < 1.29 is 4.79 Å². The lowest BCUT2D eigenvalue weighted by atomic mass is 9.71. The lowest BCUT2D eigenvalue weighted by Gasteiger charge is -2.46. The molecule has 0 bridgehead atoms. The van der Waals surface area contributed by atoms with Crippen LogP contribution in [0.3, 0.4) is 0 Å². The third-order valence-electron chi connectivity index (χ3n) is 5.54. The summed E-state index contributed by atoms with van der Waals surface area (Å²) in [5.74, 6) is 0.318. The Bertz CT molecular complexity index is 348. The van der Waals surface area contributed by atoms with Crippen LogP contribution in [0.4, 0.5) is 0 Å². The van der Waals surface area contributed by atoms with E-state index >= 15 is 0 Å². The smallest absolute Gasteiger partial charge is 0.223 e. The van der Waals surface area contributed by atoms with Gasteiger partial charge in [0.1, 0.15) is 0 Å². The SMILES string of the molecule is CN1CCN(C(=O)CC2(CN)CCCCC2)CC1(C)C. The maximum Gasteiger partial charge on any atom is 0.223 e. The molecule has 2 aliphatic rings. The Morgan fingerprint density at radius 2 is 1.80 bits per heavy atom. The van der Waals surface area contributed by atoms with Crippen molar-refractivity contribution in [2.75, 3.05) is 33.2 Å². The number of nitrogens with zero attached hydrogens (tertiary/aromatic N) is 2. The fourth-order valence-electron chi connectivity index (χ4n) is 3.64. The zero-order valence-corrected chi connectivity index (χ0v) is 13.5. The monoisotopic (exact) mass is 281 g/mol. The van der Waals surface area contributed by atoms with Crippen molar-refractivity contribution in [2.45, 2.75) is 57.9 Å². The van der Waals surface area contributed by atoms with Crippen LogP contribution >= 0.6 is 0 Å². The number of amides is 1. The molecule has 4 nitrogen and oxygen atoms in total. The normalized spacial score (nSPS) is 26.5. The van der Waals surface area contributed by atoms with E-state index in [1.165, 1.54) is 19.3 Å². The molecule has 0 radical (unpaired) electrons. The minimum Gasteiger partial charge on any atom is -0.340 e. The molecular formula is C16H31N3O. The number of carbonyl (C=O) groups is 1. The van der Waals surface area contributed by atoms with Gasteiger partial charge in [-0.05, 0) is 45.7 Å². The van der Waals surface area contributed by atoms with Gasteiger partial charge < -0.3 is 10.6 Å². The molecule has 4 heteroatoms. The second kappa shape index (κ2) is 6.02. The van der Waals surface area contributed by atoms with E-state index in [0.29, 0.717) is 18.9 Å². The topological polar surface area (TPSA) is 49.6 Å². The molecule has 0 spiro atoms. The highest BCUT2D eigenvalue weighted by atomic mass is 16.2. The van der Waals surface area contributed by atoms with Gasteiger partial charge >= 0.3 is 0 Å². The number of hydrogen-bond acceptors (Lipinski definition) is 3. The molecule has 116 valence electrons. The first-order chi connectivity index (χ1) is 9.38. The van der Waals surface area contributed by atoms with Crippen molar-refractivity contribution in [2.24, 2.45) is 11.1 Å². The highest BCUT2D eigenvalue weighted by molar-refractivity contribution is 5.77. The average molecular weight is 281 g/mol. The van der Waals surface area contributed by atoms with E-state index in [0.717, 1.165) is 32.5 Å². The van der Waals surface area contributed by atoms with Crippen LogP contribution in [0.5, 0.6) is 0 Å². The highest BCUT2D eigenvalue weighted by Gasteiger charge is 2.38. The van der Waals surface area contributed by atoms with Gasteiger partial charge in [-0.25, -0.2) is 0 Å². The van der Waals surface area contributed by atoms with Gasteiger partial charge in [-0.2, -0.15) is 0 Å². The maximum atomic E-state index is 12.7. The molecule has 2 N–H and O–H groups in total. The predicted molar refractivity (Wildman–Crippen MR) is 82.5 cm³/mol. The van der Waals surface area contributed by atoms with Gasteiger partial charge in [-0.15, -0.1) is 0 Å². The second-order valence-corrected chi connectivity index (χ2v) is 7.49. The molecule has 2 fully saturated rings. The molecule has 1 aliphatic carbocycles. The lowest BCUT2D eigenvalue weighted by Crippen LogP contribution is -2.59. The van der Waals surface area contributed by atoms with Crippen molar-refractivity contribution in [1.29, 1.82) is 0 Å². The molecule has 20 heavy (non-hydrogen) atoms. The fourth-order valence-corrected chi connectivity index (χ4v) is 3.64. The summed E-state index contributed by atoms with van der Waals surface area (Å²) in [5, 5.41) is 0. The number of hydrogen-bond donors (Lipinski definition) is 1. The molecule has 0 aromatic carbocycles. The summed E-state index contributed by atoms with van der Waals surface area (Å²) < 4.78 is 0. The van der Waals surface area contributed by atoms with Gasteiger partial charge in [-0.3, -0.25) is 9.69 Å². The Morgan fingerprint density at radius 3 is 2.35 bits per heavy atom. The molecule has 1 saturated carbocycles. The van der Waals surface area contributed by atoms with Crippen LogP contribution in [0.1, 0.15) is 52.4 Å². The van der Waals surface area contributed by atoms with Crippen LogP contribution in [0.15, 0.2) is 0 Å². The van der Waals surface area contributed by atoms with E-state index < -0.39 is 0 Å². The first-order valence-electron chi connectivity index (χ1n) is 8.08. The molecule has 0 atom stereocenters. The van der Waals surface area contributed by atoms with E-state index in [1.807, 2.05) is 0 Å². The molecule has 0 unspecified atom stereocenters. The minimum atomic E-state index is 0.0797. The van der Waals surface area contributed by atoms with E-state index in [-0.39, 0.29) is 11.0 Å². The van der Waals surface area contributed by atoms with E-state index in [2.05, 4.69) is 30.7 Å².